The number of ether oxygens (including phenoxy) is 1. The first kappa shape index (κ1) is 16.1. The highest BCUT2D eigenvalue weighted by Crippen LogP contribution is 2.39. The van der Waals surface area contributed by atoms with E-state index in [1.807, 2.05) is 0 Å². The van der Waals surface area contributed by atoms with Crippen LogP contribution in [0.25, 0.3) is 0 Å². The topological polar surface area (TPSA) is 72.6 Å². The molecule has 0 spiro atoms. The molecule has 4 rings (SSSR count). The average molecular weight is 345 g/mol. The van der Waals surface area contributed by atoms with Gasteiger partial charge in [-0.15, -0.1) is 12.4 Å². The Labute approximate surface area is 137 Å². The van der Waals surface area contributed by atoms with Crippen LogP contribution in [0.5, 0.6) is 5.75 Å². The van der Waals surface area contributed by atoms with Crippen molar-refractivity contribution in [1.29, 1.82) is 0 Å². The van der Waals surface area contributed by atoms with Crippen molar-refractivity contribution >= 4 is 22.4 Å². The van der Waals surface area contributed by atoms with E-state index in [-0.39, 0.29) is 18.4 Å². The fraction of sp³-hybridized carbons (Fsp3) is 0.600. The Morgan fingerprint density at radius 2 is 2.05 bits per heavy atom. The van der Waals surface area contributed by atoms with Gasteiger partial charge in [-0.3, -0.25) is 0 Å². The number of benzene rings is 1. The van der Waals surface area contributed by atoms with E-state index in [1.54, 1.807) is 22.5 Å². The summed E-state index contributed by atoms with van der Waals surface area (Å²) in [6, 6.07) is 5.36. The number of fused-ring (bicyclic) bond motifs is 2. The second-order valence-corrected chi connectivity index (χ2v) is 8.29. The molecule has 2 aliphatic heterocycles. The number of halogens is 1. The van der Waals surface area contributed by atoms with Gasteiger partial charge in [0, 0.05) is 25.6 Å². The van der Waals surface area contributed by atoms with Crippen LogP contribution in [0.3, 0.4) is 0 Å². The molecule has 1 saturated carbocycles. The molecule has 2 N–H and O–H groups in total. The summed E-state index contributed by atoms with van der Waals surface area (Å²) in [5.41, 5.74) is 7.09. The number of sulfonamides is 1. The van der Waals surface area contributed by atoms with Crippen molar-refractivity contribution in [3.8, 4) is 5.75 Å². The van der Waals surface area contributed by atoms with Crippen molar-refractivity contribution in [2.45, 2.75) is 30.2 Å². The predicted molar refractivity (Wildman–Crippen MR) is 85.8 cm³/mol. The zero-order valence-electron chi connectivity index (χ0n) is 12.3. The molecule has 1 aliphatic carbocycles. The molecule has 2 heterocycles. The number of hydrogen-bond donors (Lipinski definition) is 1. The summed E-state index contributed by atoms with van der Waals surface area (Å²) < 4.78 is 32.7. The van der Waals surface area contributed by atoms with Crippen LogP contribution < -0.4 is 10.5 Å². The highest BCUT2D eigenvalue weighted by atomic mass is 35.5. The van der Waals surface area contributed by atoms with Gasteiger partial charge in [-0.2, -0.15) is 4.31 Å². The summed E-state index contributed by atoms with van der Waals surface area (Å²) in [7, 11) is -3.40. The van der Waals surface area contributed by atoms with Crippen LogP contribution in [0.15, 0.2) is 23.1 Å². The van der Waals surface area contributed by atoms with Gasteiger partial charge in [0.15, 0.2) is 0 Å². The summed E-state index contributed by atoms with van der Waals surface area (Å²) in [4.78, 5) is 0.389. The Morgan fingerprint density at radius 3 is 2.82 bits per heavy atom. The lowest BCUT2D eigenvalue weighted by Crippen LogP contribution is -2.33. The van der Waals surface area contributed by atoms with Gasteiger partial charge >= 0.3 is 0 Å². The van der Waals surface area contributed by atoms with Gasteiger partial charge in [0.25, 0.3) is 0 Å². The zero-order chi connectivity index (χ0) is 14.6. The minimum absolute atomic E-state index is 0. The van der Waals surface area contributed by atoms with Gasteiger partial charge in [-0.25, -0.2) is 8.42 Å². The summed E-state index contributed by atoms with van der Waals surface area (Å²) in [5.74, 6) is 1.58. The molecule has 0 radical (unpaired) electrons. The largest absolute Gasteiger partial charge is 0.493 e. The van der Waals surface area contributed by atoms with Crippen LogP contribution in [0.2, 0.25) is 0 Å². The van der Waals surface area contributed by atoms with E-state index in [0.29, 0.717) is 36.4 Å². The van der Waals surface area contributed by atoms with E-state index in [0.717, 1.165) is 30.6 Å². The van der Waals surface area contributed by atoms with Crippen LogP contribution >= 0.6 is 12.4 Å². The lowest BCUT2D eigenvalue weighted by molar-refractivity contribution is 0.356. The van der Waals surface area contributed by atoms with E-state index >= 15 is 0 Å². The maximum atomic E-state index is 12.8. The quantitative estimate of drug-likeness (QED) is 0.880. The van der Waals surface area contributed by atoms with Crippen molar-refractivity contribution in [1.82, 2.24) is 4.31 Å². The average Bonchev–Trinajstić information content (AvgIpc) is 3.15. The van der Waals surface area contributed by atoms with Crippen LogP contribution in [-0.2, 0) is 16.4 Å². The van der Waals surface area contributed by atoms with Crippen molar-refractivity contribution in [2.24, 2.45) is 17.6 Å². The number of nitrogens with two attached hydrogens (primary N) is 1. The van der Waals surface area contributed by atoms with Gasteiger partial charge in [-0.05, 0) is 48.4 Å². The summed E-state index contributed by atoms with van der Waals surface area (Å²) >= 11 is 0. The highest BCUT2D eigenvalue weighted by molar-refractivity contribution is 7.89. The van der Waals surface area contributed by atoms with E-state index < -0.39 is 10.0 Å². The molecular formula is C15H21ClN2O3S. The molecule has 3 unspecified atom stereocenters. The second-order valence-electron chi connectivity index (χ2n) is 6.36. The Hall–Kier alpha value is -0.820. The van der Waals surface area contributed by atoms with Gasteiger partial charge in [0.1, 0.15) is 5.75 Å². The third kappa shape index (κ3) is 2.42. The van der Waals surface area contributed by atoms with Gasteiger partial charge in [0.2, 0.25) is 10.0 Å². The Balaban J connectivity index is 0.00000144. The molecule has 122 valence electrons. The molecular weight excluding hydrogens is 324 g/mol. The fourth-order valence-corrected chi connectivity index (χ4v) is 5.52. The summed E-state index contributed by atoms with van der Waals surface area (Å²) in [5, 5.41) is 0. The van der Waals surface area contributed by atoms with Gasteiger partial charge in [0.05, 0.1) is 11.5 Å². The van der Waals surface area contributed by atoms with Crippen LogP contribution in [0.4, 0.5) is 0 Å². The summed E-state index contributed by atoms with van der Waals surface area (Å²) in [6.45, 7) is 1.83. The minimum atomic E-state index is -3.40. The van der Waals surface area contributed by atoms with Crippen molar-refractivity contribution in [3.63, 3.8) is 0 Å². The Kier molecular flexibility index (Phi) is 4.14. The second kappa shape index (κ2) is 5.67. The van der Waals surface area contributed by atoms with Crippen molar-refractivity contribution < 1.29 is 13.2 Å². The van der Waals surface area contributed by atoms with Crippen LogP contribution in [-0.4, -0.2) is 38.5 Å². The summed E-state index contributed by atoms with van der Waals surface area (Å²) in [6.07, 6.45) is 2.87. The number of nitrogens with zero attached hydrogens (tertiary/aromatic N) is 1. The maximum Gasteiger partial charge on any atom is 0.243 e. The molecule has 3 atom stereocenters. The van der Waals surface area contributed by atoms with Crippen LogP contribution in [0.1, 0.15) is 18.4 Å². The molecule has 0 amide bonds. The maximum absolute atomic E-state index is 12.8. The van der Waals surface area contributed by atoms with E-state index in [1.165, 1.54) is 0 Å². The first-order chi connectivity index (χ1) is 10.1. The molecule has 1 aromatic carbocycles. The van der Waals surface area contributed by atoms with E-state index in [2.05, 4.69) is 0 Å². The van der Waals surface area contributed by atoms with E-state index in [9.17, 15) is 8.42 Å². The molecule has 7 heteroatoms. The Bertz CT molecular complexity index is 679. The van der Waals surface area contributed by atoms with Gasteiger partial charge in [-0.1, -0.05) is 0 Å². The molecule has 5 nitrogen and oxygen atoms in total. The molecule has 1 aromatic rings. The highest BCUT2D eigenvalue weighted by Gasteiger charge is 2.45. The van der Waals surface area contributed by atoms with Crippen molar-refractivity contribution in [3.05, 3.63) is 23.8 Å². The molecule has 3 aliphatic rings. The smallest absolute Gasteiger partial charge is 0.243 e. The third-order valence-electron chi connectivity index (χ3n) is 5.18. The molecule has 2 fully saturated rings. The lowest BCUT2D eigenvalue weighted by Gasteiger charge is -2.19. The monoisotopic (exact) mass is 344 g/mol. The standard InChI is InChI=1S/C15H20N2O3S.ClH/c16-14-3-1-11-8-17(9-13(11)14)21(18,19)12-2-4-15-10(7-12)5-6-20-15;/h2,4,7,11,13-14H,1,3,5-6,8-9,16H2;1H. The van der Waals surface area contributed by atoms with Crippen LogP contribution in [0, 0.1) is 11.8 Å². The zero-order valence-corrected chi connectivity index (χ0v) is 13.9. The molecule has 0 aromatic heterocycles. The SMILES string of the molecule is Cl.NC1CCC2CN(S(=O)(=O)c3ccc4c(c3)CCO4)CC12. The van der Waals surface area contributed by atoms with E-state index in [4.69, 9.17) is 10.5 Å². The first-order valence-electron chi connectivity index (χ1n) is 7.57. The third-order valence-corrected chi connectivity index (χ3v) is 7.01. The fourth-order valence-electron chi connectivity index (χ4n) is 3.94. The normalized spacial score (nSPS) is 30.5. The molecule has 1 saturated heterocycles. The number of hydrogen-bond acceptors (Lipinski definition) is 4. The Morgan fingerprint density at radius 1 is 1.23 bits per heavy atom. The molecule has 22 heavy (non-hydrogen) atoms. The first-order valence-corrected chi connectivity index (χ1v) is 9.01. The van der Waals surface area contributed by atoms with Crippen molar-refractivity contribution in [2.75, 3.05) is 19.7 Å². The minimum Gasteiger partial charge on any atom is -0.493 e. The molecule has 0 bridgehead atoms. The lowest BCUT2D eigenvalue weighted by atomic mass is 9.98. The predicted octanol–water partition coefficient (Wildman–Crippen LogP) is 1.40. The number of rotatable bonds is 2. The van der Waals surface area contributed by atoms with Gasteiger partial charge < -0.3 is 10.5 Å².